The van der Waals surface area contributed by atoms with Crippen molar-refractivity contribution in [2.75, 3.05) is 33.4 Å². The number of aromatic nitrogens is 1. The molecule has 0 spiro atoms. The summed E-state index contributed by atoms with van der Waals surface area (Å²) in [6.07, 6.45) is 1.41. The zero-order valence-corrected chi connectivity index (χ0v) is 22.1. The minimum absolute atomic E-state index is 0.0865. The second-order valence-corrected chi connectivity index (χ2v) is 10.3. The second kappa shape index (κ2) is 12.4. The summed E-state index contributed by atoms with van der Waals surface area (Å²) >= 11 is 6.35. The zero-order valence-electron chi connectivity index (χ0n) is 21.4. The number of carboxylic acid groups (broad SMARTS) is 1. The maximum atomic E-state index is 15.7. The lowest BCUT2D eigenvalue weighted by molar-refractivity contribution is -0.141. The van der Waals surface area contributed by atoms with E-state index in [0.29, 0.717) is 61.1 Å². The molecule has 1 N–H and O–H groups in total. The highest BCUT2D eigenvalue weighted by Gasteiger charge is 2.37. The van der Waals surface area contributed by atoms with Crippen molar-refractivity contribution in [2.45, 2.75) is 38.3 Å². The number of piperidine rings is 1. The Bertz CT molecular complexity index is 1310. The minimum Gasteiger partial charge on any atom is -0.497 e. The van der Waals surface area contributed by atoms with Crippen LogP contribution in [0.25, 0.3) is 10.9 Å². The van der Waals surface area contributed by atoms with Crippen LogP contribution < -0.4 is 9.47 Å². The predicted octanol–water partition coefficient (Wildman–Crippen LogP) is 6.74. The van der Waals surface area contributed by atoms with E-state index < -0.39 is 35.0 Å². The molecule has 11 heteroatoms. The average molecular weight is 569 g/mol. The Labute approximate surface area is 228 Å². The molecule has 2 aromatic carbocycles. The summed E-state index contributed by atoms with van der Waals surface area (Å²) in [5, 5.41) is 10.3. The molecule has 0 aliphatic carbocycles. The average Bonchev–Trinajstić information content (AvgIpc) is 2.90. The van der Waals surface area contributed by atoms with Gasteiger partial charge >= 0.3 is 5.97 Å². The molecule has 4 rings (SSSR count). The number of ether oxygens (including phenoxy) is 2. The smallest absolute Gasteiger partial charge is 0.303 e. The first-order chi connectivity index (χ1) is 18.6. The summed E-state index contributed by atoms with van der Waals surface area (Å²) in [6, 6.07) is 6.73. The van der Waals surface area contributed by atoms with Gasteiger partial charge in [0.05, 0.1) is 24.1 Å². The molecule has 210 valence electrons. The van der Waals surface area contributed by atoms with Crippen LogP contribution >= 0.6 is 11.6 Å². The Hall–Kier alpha value is -3.11. The lowest BCUT2D eigenvalue weighted by atomic mass is 9.71. The predicted molar refractivity (Wildman–Crippen MR) is 139 cm³/mol. The van der Waals surface area contributed by atoms with Crippen LogP contribution in [-0.4, -0.2) is 54.3 Å². The maximum absolute atomic E-state index is 15.7. The second-order valence-electron chi connectivity index (χ2n) is 9.87. The molecule has 0 radical (unpaired) electrons. The highest BCUT2D eigenvalue weighted by atomic mass is 35.5. The normalized spacial score (nSPS) is 16.3. The number of methoxy groups -OCH3 is 1. The van der Waals surface area contributed by atoms with Crippen LogP contribution in [0.15, 0.2) is 36.5 Å². The quantitative estimate of drug-likeness (QED) is 0.204. The molecule has 3 aromatic rings. The number of hydrogen-bond acceptors (Lipinski definition) is 5. The largest absolute Gasteiger partial charge is 0.497 e. The summed E-state index contributed by atoms with van der Waals surface area (Å²) in [5.74, 6) is -4.71. The van der Waals surface area contributed by atoms with E-state index in [1.165, 1.54) is 13.3 Å². The molecule has 2 heterocycles. The Morgan fingerprint density at radius 1 is 1.15 bits per heavy atom. The highest BCUT2D eigenvalue weighted by Crippen LogP contribution is 2.44. The van der Waals surface area contributed by atoms with E-state index in [9.17, 15) is 23.1 Å². The number of pyridine rings is 1. The van der Waals surface area contributed by atoms with E-state index in [1.54, 1.807) is 18.2 Å². The summed E-state index contributed by atoms with van der Waals surface area (Å²) in [7, 11) is 1.52. The fourth-order valence-electron chi connectivity index (χ4n) is 5.19. The first kappa shape index (κ1) is 28.9. The number of likely N-dealkylation sites (tertiary alicyclic amines) is 1. The lowest BCUT2D eigenvalue weighted by Gasteiger charge is -2.41. The van der Waals surface area contributed by atoms with Gasteiger partial charge in [0.2, 0.25) is 0 Å². The van der Waals surface area contributed by atoms with Crippen LogP contribution in [0.3, 0.4) is 0 Å². The number of carbonyl (C=O) groups is 1. The van der Waals surface area contributed by atoms with E-state index >= 15 is 4.39 Å². The van der Waals surface area contributed by atoms with Gasteiger partial charge in [0.1, 0.15) is 24.3 Å². The van der Waals surface area contributed by atoms with E-state index in [-0.39, 0.29) is 30.2 Å². The molecule has 0 unspecified atom stereocenters. The van der Waals surface area contributed by atoms with Crippen molar-refractivity contribution >= 4 is 28.5 Å². The van der Waals surface area contributed by atoms with Gasteiger partial charge in [-0.3, -0.25) is 14.7 Å². The SMILES string of the molecule is COc1ccc2ncc(Cl)c([C@@H](F)CCC3(CC(=O)O)CCN(CCOc4cc(F)c(F)c(F)c4)CC3)c2c1. The number of alkyl halides is 1. The van der Waals surface area contributed by atoms with Crippen molar-refractivity contribution in [2.24, 2.45) is 5.41 Å². The number of carboxylic acids is 1. The molecule has 1 aliphatic heterocycles. The Morgan fingerprint density at radius 3 is 2.49 bits per heavy atom. The number of nitrogens with zero attached hydrogens (tertiary/aromatic N) is 2. The standard InChI is InChI=1S/C28H29ClF4N2O4/c1-38-17-2-3-24-19(12-17)26(20(29)16-34-24)21(30)4-5-28(15-25(36)37)6-8-35(9-7-28)10-11-39-18-13-22(31)27(33)23(32)14-18/h2-3,12-14,16,21H,4-11,15H2,1H3,(H,36,37)/t21-/m0/s1. The zero-order chi connectivity index (χ0) is 28.2. The van der Waals surface area contributed by atoms with Crippen molar-refractivity contribution in [1.29, 1.82) is 0 Å². The van der Waals surface area contributed by atoms with Crippen LogP contribution in [0.1, 0.15) is 43.8 Å². The van der Waals surface area contributed by atoms with Gasteiger partial charge in [-0.1, -0.05) is 11.6 Å². The van der Waals surface area contributed by atoms with E-state index in [2.05, 4.69) is 4.98 Å². The van der Waals surface area contributed by atoms with Gasteiger partial charge in [0, 0.05) is 35.8 Å². The first-order valence-corrected chi connectivity index (χ1v) is 13.0. The van der Waals surface area contributed by atoms with Crippen LogP contribution in [0.2, 0.25) is 5.02 Å². The van der Waals surface area contributed by atoms with Crippen molar-refractivity contribution in [3.63, 3.8) is 0 Å². The molecule has 0 amide bonds. The topological polar surface area (TPSA) is 71.9 Å². The van der Waals surface area contributed by atoms with Crippen LogP contribution in [0.4, 0.5) is 17.6 Å². The Balaban J connectivity index is 1.38. The van der Waals surface area contributed by atoms with Gasteiger partial charge in [-0.15, -0.1) is 0 Å². The summed E-state index contributed by atoms with van der Waals surface area (Å²) in [6.45, 7) is 1.64. The molecule has 1 atom stereocenters. The van der Waals surface area contributed by atoms with Crippen LogP contribution in [0.5, 0.6) is 11.5 Å². The number of fused-ring (bicyclic) bond motifs is 1. The van der Waals surface area contributed by atoms with Crippen molar-refractivity contribution in [1.82, 2.24) is 9.88 Å². The molecular formula is C28H29ClF4N2O4. The maximum Gasteiger partial charge on any atom is 0.303 e. The van der Waals surface area contributed by atoms with Gasteiger partial charge in [-0.25, -0.2) is 17.6 Å². The van der Waals surface area contributed by atoms with E-state index in [1.807, 2.05) is 4.90 Å². The van der Waals surface area contributed by atoms with Crippen molar-refractivity contribution < 1.29 is 36.9 Å². The molecule has 1 fully saturated rings. The molecule has 0 bridgehead atoms. The van der Waals surface area contributed by atoms with Gasteiger partial charge in [0.25, 0.3) is 0 Å². The molecule has 0 saturated carbocycles. The lowest BCUT2D eigenvalue weighted by Crippen LogP contribution is -2.42. The monoisotopic (exact) mass is 568 g/mol. The number of halogens is 5. The van der Waals surface area contributed by atoms with Crippen LogP contribution in [-0.2, 0) is 4.79 Å². The third kappa shape index (κ3) is 6.91. The van der Waals surface area contributed by atoms with Gasteiger partial charge in [0.15, 0.2) is 17.5 Å². The third-order valence-electron chi connectivity index (χ3n) is 7.39. The van der Waals surface area contributed by atoms with Gasteiger partial charge in [-0.2, -0.15) is 0 Å². The summed E-state index contributed by atoms with van der Waals surface area (Å²) in [4.78, 5) is 18.0. The minimum atomic E-state index is -1.55. The molecule has 6 nitrogen and oxygen atoms in total. The van der Waals surface area contributed by atoms with Gasteiger partial charge in [-0.05, 0) is 62.4 Å². The van der Waals surface area contributed by atoms with Crippen molar-refractivity contribution in [3.8, 4) is 11.5 Å². The highest BCUT2D eigenvalue weighted by molar-refractivity contribution is 6.32. The Morgan fingerprint density at radius 2 is 1.85 bits per heavy atom. The van der Waals surface area contributed by atoms with E-state index in [0.717, 1.165) is 12.1 Å². The fourth-order valence-corrected chi connectivity index (χ4v) is 5.45. The summed E-state index contributed by atoms with van der Waals surface area (Å²) in [5.41, 5.74) is 0.304. The van der Waals surface area contributed by atoms with Crippen molar-refractivity contribution in [3.05, 3.63) is 64.6 Å². The van der Waals surface area contributed by atoms with Crippen LogP contribution in [0, 0.1) is 22.9 Å². The number of aliphatic carboxylic acids is 1. The molecule has 39 heavy (non-hydrogen) atoms. The summed E-state index contributed by atoms with van der Waals surface area (Å²) < 4.78 is 66.2. The molecular weight excluding hydrogens is 540 g/mol. The fraction of sp³-hybridized carbons (Fsp3) is 0.429. The van der Waals surface area contributed by atoms with E-state index in [4.69, 9.17) is 21.1 Å². The molecule has 1 aliphatic rings. The number of hydrogen-bond donors (Lipinski definition) is 1. The Kier molecular flexibility index (Phi) is 9.17. The third-order valence-corrected chi connectivity index (χ3v) is 7.69. The number of benzene rings is 2. The molecule has 1 saturated heterocycles. The molecule has 1 aromatic heterocycles. The first-order valence-electron chi connectivity index (χ1n) is 12.6. The van der Waals surface area contributed by atoms with Gasteiger partial charge < -0.3 is 14.6 Å². The number of rotatable bonds is 11.